The van der Waals surface area contributed by atoms with Gasteiger partial charge in [0.1, 0.15) is 0 Å². The molecule has 0 spiro atoms. The van der Waals surface area contributed by atoms with Crippen LogP contribution in [0.5, 0.6) is 0 Å². The van der Waals surface area contributed by atoms with Crippen LogP contribution in [0.25, 0.3) is 6.08 Å². The maximum Gasteiger partial charge on any atom is 0.679 e. The van der Waals surface area contributed by atoms with Crippen molar-refractivity contribution >= 4 is 15.1 Å². The van der Waals surface area contributed by atoms with E-state index in [0.29, 0.717) is 6.61 Å². The van der Waals surface area contributed by atoms with E-state index in [9.17, 15) is 0 Å². The van der Waals surface area contributed by atoms with Crippen LogP contribution in [0.3, 0.4) is 0 Å². The van der Waals surface area contributed by atoms with Crippen molar-refractivity contribution in [1.29, 1.82) is 0 Å². The molecule has 0 fully saturated rings. The van der Waals surface area contributed by atoms with Crippen LogP contribution in [0.2, 0.25) is 0 Å². The fraction of sp³-hybridized carbons (Fsp3) is 0.333. The highest BCUT2D eigenvalue weighted by atomic mass is 28.4. The standard InChI is InChI=1S/C12H18O4Si/c1-5-11-7-6-8-12(9-11)10-16-17(13-2,14-3)15-4/h5-9H,1,10H2,2-4H3. The number of hydrogen-bond donors (Lipinski definition) is 0. The van der Waals surface area contributed by atoms with Crippen molar-refractivity contribution in [2.24, 2.45) is 0 Å². The smallest absolute Gasteiger partial charge is 0.355 e. The third-order valence-electron chi connectivity index (χ3n) is 2.35. The van der Waals surface area contributed by atoms with Gasteiger partial charge < -0.3 is 17.7 Å². The number of benzene rings is 1. The lowest BCUT2D eigenvalue weighted by molar-refractivity contribution is 0.000616. The lowest BCUT2D eigenvalue weighted by Gasteiger charge is -2.22. The summed E-state index contributed by atoms with van der Waals surface area (Å²) < 4.78 is 21.1. The quantitative estimate of drug-likeness (QED) is 0.699. The Morgan fingerprint density at radius 2 is 1.82 bits per heavy atom. The summed E-state index contributed by atoms with van der Waals surface area (Å²) in [5.41, 5.74) is 2.07. The maximum atomic E-state index is 5.60. The lowest BCUT2D eigenvalue weighted by Crippen LogP contribution is -2.46. The van der Waals surface area contributed by atoms with Crippen LogP contribution in [-0.2, 0) is 24.3 Å². The summed E-state index contributed by atoms with van der Waals surface area (Å²) in [6.45, 7) is 4.10. The first kappa shape index (κ1) is 14.1. The molecule has 5 heteroatoms. The van der Waals surface area contributed by atoms with Crippen molar-refractivity contribution in [2.75, 3.05) is 21.3 Å². The summed E-state index contributed by atoms with van der Waals surface area (Å²) in [5, 5.41) is 0. The molecule has 1 rings (SSSR count). The lowest BCUT2D eigenvalue weighted by atomic mass is 10.1. The van der Waals surface area contributed by atoms with Crippen LogP contribution in [0.15, 0.2) is 30.8 Å². The van der Waals surface area contributed by atoms with Gasteiger partial charge in [-0.25, -0.2) is 0 Å². The average molecular weight is 254 g/mol. The summed E-state index contributed by atoms with van der Waals surface area (Å²) in [6.07, 6.45) is 1.79. The third-order valence-corrected chi connectivity index (χ3v) is 4.35. The van der Waals surface area contributed by atoms with Crippen molar-refractivity contribution in [3.8, 4) is 0 Å². The van der Waals surface area contributed by atoms with Crippen LogP contribution < -0.4 is 0 Å². The largest absolute Gasteiger partial charge is 0.679 e. The molecule has 94 valence electrons. The Balaban J connectivity index is 2.68. The van der Waals surface area contributed by atoms with Crippen molar-refractivity contribution in [3.63, 3.8) is 0 Å². The van der Waals surface area contributed by atoms with Gasteiger partial charge in [0, 0.05) is 21.3 Å². The molecule has 0 atom stereocenters. The molecule has 17 heavy (non-hydrogen) atoms. The third kappa shape index (κ3) is 3.76. The summed E-state index contributed by atoms with van der Waals surface area (Å²) in [7, 11) is 1.59. The van der Waals surface area contributed by atoms with Crippen molar-refractivity contribution in [1.82, 2.24) is 0 Å². The zero-order chi connectivity index (χ0) is 12.7. The zero-order valence-electron chi connectivity index (χ0n) is 10.4. The van der Waals surface area contributed by atoms with E-state index < -0.39 is 9.05 Å². The molecule has 0 radical (unpaired) electrons. The molecule has 0 aliphatic carbocycles. The van der Waals surface area contributed by atoms with Crippen molar-refractivity contribution in [2.45, 2.75) is 6.61 Å². The minimum absolute atomic E-state index is 0.378. The van der Waals surface area contributed by atoms with Crippen LogP contribution in [-0.4, -0.2) is 30.4 Å². The summed E-state index contributed by atoms with van der Waals surface area (Å²) in [4.78, 5) is 0. The van der Waals surface area contributed by atoms with Gasteiger partial charge in [-0.15, -0.1) is 0 Å². The molecule has 0 amide bonds. The van der Waals surface area contributed by atoms with Gasteiger partial charge >= 0.3 is 9.05 Å². The molecule has 1 aromatic rings. The van der Waals surface area contributed by atoms with E-state index >= 15 is 0 Å². The van der Waals surface area contributed by atoms with E-state index in [1.165, 1.54) is 21.3 Å². The van der Waals surface area contributed by atoms with E-state index in [1.807, 2.05) is 24.3 Å². The Bertz CT molecular complexity index is 355. The van der Waals surface area contributed by atoms with E-state index in [2.05, 4.69) is 6.58 Å². The van der Waals surface area contributed by atoms with Gasteiger partial charge in [0.05, 0.1) is 6.61 Å². The molecule has 0 aromatic heterocycles. The second-order valence-corrected chi connectivity index (χ2v) is 5.86. The molecule has 4 nitrogen and oxygen atoms in total. The second-order valence-electron chi connectivity index (χ2n) is 3.35. The summed E-state index contributed by atoms with van der Waals surface area (Å²) in [6, 6.07) is 7.88. The molecule has 0 heterocycles. The number of rotatable bonds is 7. The van der Waals surface area contributed by atoms with Gasteiger partial charge in [-0.05, 0) is 17.2 Å². The van der Waals surface area contributed by atoms with Crippen molar-refractivity contribution in [3.05, 3.63) is 42.0 Å². The van der Waals surface area contributed by atoms with Crippen LogP contribution in [0.4, 0.5) is 0 Å². The highest BCUT2D eigenvalue weighted by molar-refractivity contribution is 6.53. The molecule has 0 saturated carbocycles. The Morgan fingerprint density at radius 1 is 1.18 bits per heavy atom. The minimum atomic E-state index is -2.95. The molecule has 0 N–H and O–H groups in total. The number of hydrogen-bond acceptors (Lipinski definition) is 4. The second kappa shape index (κ2) is 6.68. The van der Waals surface area contributed by atoms with Gasteiger partial charge in [0.2, 0.25) is 0 Å². The van der Waals surface area contributed by atoms with Crippen LogP contribution in [0, 0.1) is 0 Å². The molecule has 0 aliphatic heterocycles. The first-order chi connectivity index (χ1) is 8.19. The van der Waals surface area contributed by atoms with Gasteiger partial charge in [0.15, 0.2) is 0 Å². The van der Waals surface area contributed by atoms with E-state index in [4.69, 9.17) is 17.7 Å². The van der Waals surface area contributed by atoms with Gasteiger partial charge in [-0.3, -0.25) is 0 Å². The van der Waals surface area contributed by atoms with Gasteiger partial charge in [-0.2, -0.15) is 0 Å². The summed E-state index contributed by atoms with van der Waals surface area (Å²) >= 11 is 0. The molecule has 1 aromatic carbocycles. The first-order valence-electron chi connectivity index (χ1n) is 5.20. The molecular weight excluding hydrogens is 236 g/mol. The SMILES string of the molecule is C=Cc1cccc(CO[Si](OC)(OC)OC)c1. The first-order valence-corrected chi connectivity index (χ1v) is 6.83. The van der Waals surface area contributed by atoms with Gasteiger partial charge in [-0.1, -0.05) is 30.9 Å². The molecule has 0 aliphatic rings. The predicted molar refractivity (Wildman–Crippen MR) is 68.1 cm³/mol. The van der Waals surface area contributed by atoms with E-state index in [-0.39, 0.29) is 0 Å². The molecular formula is C12H18O4Si. The monoisotopic (exact) mass is 254 g/mol. The average Bonchev–Trinajstić information content (AvgIpc) is 2.41. The fourth-order valence-corrected chi connectivity index (χ4v) is 2.61. The van der Waals surface area contributed by atoms with Crippen molar-refractivity contribution < 1.29 is 17.7 Å². The van der Waals surface area contributed by atoms with Gasteiger partial charge in [0.25, 0.3) is 0 Å². The normalized spacial score (nSPS) is 11.5. The Hall–Kier alpha value is -0.983. The zero-order valence-corrected chi connectivity index (χ0v) is 11.4. The Morgan fingerprint density at radius 3 is 2.35 bits per heavy atom. The molecule has 0 saturated heterocycles. The van der Waals surface area contributed by atoms with E-state index in [0.717, 1.165) is 11.1 Å². The van der Waals surface area contributed by atoms with Crippen LogP contribution >= 0.6 is 0 Å². The maximum absolute atomic E-state index is 5.60. The molecule has 0 bridgehead atoms. The highest BCUT2D eigenvalue weighted by Gasteiger charge is 2.42. The Kier molecular flexibility index (Phi) is 5.53. The molecule has 0 unspecified atom stereocenters. The Labute approximate surface area is 103 Å². The fourth-order valence-electron chi connectivity index (χ4n) is 1.41. The topological polar surface area (TPSA) is 36.9 Å². The minimum Gasteiger partial charge on any atom is -0.355 e. The summed E-state index contributed by atoms with van der Waals surface area (Å²) in [5.74, 6) is 0. The predicted octanol–water partition coefficient (Wildman–Crippen LogP) is 2.22. The van der Waals surface area contributed by atoms with Crippen LogP contribution in [0.1, 0.15) is 11.1 Å². The highest BCUT2D eigenvalue weighted by Crippen LogP contribution is 2.13. The van der Waals surface area contributed by atoms with E-state index in [1.54, 1.807) is 6.08 Å².